The lowest BCUT2D eigenvalue weighted by Crippen LogP contribution is -2.35. The summed E-state index contributed by atoms with van der Waals surface area (Å²) in [5.41, 5.74) is 16.9. The molecule has 0 aliphatic heterocycles. The predicted octanol–water partition coefficient (Wildman–Crippen LogP) is 14.5. The van der Waals surface area contributed by atoms with Gasteiger partial charge in [0.05, 0.1) is 16.7 Å². The molecule has 2 heteroatoms. The molecular weight excluding hydrogens is 701 g/mol. The van der Waals surface area contributed by atoms with Crippen molar-refractivity contribution < 1.29 is 0 Å². The van der Waals surface area contributed by atoms with Crippen LogP contribution in [0, 0.1) is 0 Å². The second-order valence-electron chi connectivity index (χ2n) is 16.5. The van der Waals surface area contributed by atoms with Crippen LogP contribution in [0.2, 0.25) is 0 Å². The Morgan fingerprint density at radius 2 is 1.00 bits per heavy atom. The van der Waals surface area contributed by atoms with E-state index in [1.807, 2.05) is 0 Å². The first-order valence-corrected chi connectivity index (χ1v) is 20.4. The molecular formula is C56H40N2. The number of nitrogens with zero attached hydrogens (tertiary/aromatic N) is 2. The number of aromatic nitrogens is 1. The second-order valence-corrected chi connectivity index (χ2v) is 16.5. The van der Waals surface area contributed by atoms with Gasteiger partial charge in [-0.1, -0.05) is 172 Å². The first-order valence-electron chi connectivity index (χ1n) is 20.4. The molecule has 0 unspecified atom stereocenters. The van der Waals surface area contributed by atoms with E-state index in [-0.39, 0.29) is 5.41 Å². The number of para-hydroxylation sites is 2. The van der Waals surface area contributed by atoms with Crippen molar-refractivity contribution >= 4 is 49.6 Å². The molecule has 9 aromatic carbocycles. The summed E-state index contributed by atoms with van der Waals surface area (Å²) in [6.45, 7) is 4.72. The Morgan fingerprint density at radius 3 is 1.78 bits per heavy atom. The Bertz CT molecular complexity index is 3230. The van der Waals surface area contributed by atoms with Crippen LogP contribution in [0.4, 0.5) is 17.1 Å². The number of benzene rings is 9. The van der Waals surface area contributed by atoms with Gasteiger partial charge in [-0.25, -0.2) is 0 Å². The highest BCUT2D eigenvalue weighted by Gasteiger charge is 2.48. The van der Waals surface area contributed by atoms with Crippen molar-refractivity contribution in [1.29, 1.82) is 0 Å². The molecule has 0 bridgehead atoms. The minimum atomic E-state index is -0.630. The van der Waals surface area contributed by atoms with E-state index in [2.05, 4.69) is 230 Å². The zero-order valence-electron chi connectivity index (χ0n) is 32.5. The van der Waals surface area contributed by atoms with Crippen molar-refractivity contribution in [3.8, 4) is 22.3 Å². The molecule has 0 saturated carbocycles. The van der Waals surface area contributed by atoms with Gasteiger partial charge in [-0.15, -0.1) is 0 Å². The lowest BCUT2D eigenvalue weighted by atomic mass is 9.79. The molecule has 2 nitrogen and oxygen atoms in total. The summed E-state index contributed by atoms with van der Waals surface area (Å²) in [7, 11) is 0. The van der Waals surface area contributed by atoms with Gasteiger partial charge in [-0.05, 0) is 104 Å². The van der Waals surface area contributed by atoms with Crippen LogP contribution in [0.5, 0.6) is 0 Å². The third-order valence-corrected chi connectivity index (χ3v) is 13.2. The van der Waals surface area contributed by atoms with E-state index in [9.17, 15) is 0 Å². The van der Waals surface area contributed by atoms with E-state index in [1.165, 1.54) is 88.3 Å². The van der Waals surface area contributed by atoms with Crippen LogP contribution in [-0.2, 0) is 11.0 Å². The molecule has 10 aromatic rings. The number of anilines is 3. The van der Waals surface area contributed by atoms with Crippen LogP contribution in [-0.4, -0.2) is 4.57 Å². The van der Waals surface area contributed by atoms with Crippen molar-refractivity contribution in [3.63, 3.8) is 0 Å². The summed E-state index contributed by atoms with van der Waals surface area (Å²) in [6.07, 6.45) is 0. The van der Waals surface area contributed by atoms with E-state index < -0.39 is 5.54 Å². The topological polar surface area (TPSA) is 8.17 Å². The molecule has 0 spiro atoms. The quantitative estimate of drug-likeness (QED) is 0.171. The van der Waals surface area contributed by atoms with E-state index in [1.54, 1.807) is 0 Å². The Balaban J connectivity index is 1.17. The Hall–Kier alpha value is -7.16. The van der Waals surface area contributed by atoms with Gasteiger partial charge in [0.15, 0.2) is 0 Å². The Labute approximate surface area is 338 Å². The molecule has 274 valence electrons. The zero-order chi connectivity index (χ0) is 38.6. The average molecular weight is 741 g/mol. The summed E-state index contributed by atoms with van der Waals surface area (Å²) < 4.78 is 2.65. The minimum Gasteiger partial charge on any atom is -0.322 e. The fourth-order valence-electron chi connectivity index (χ4n) is 10.7. The zero-order valence-corrected chi connectivity index (χ0v) is 32.5. The molecule has 0 fully saturated rings. The van der Waals surface area contributed by atoms with Gasteiger partial charge >= 0.3 is 0 Å². The number of hydrogen-bond donors (Lipinski definition) is 0. The minimum absolute atomic E-state index is 0.105. The summed E-state index contributed by atoms with van der Waals surface area (Å²) >= 11 is 0. The largest absolute Gasteiger partial charge is 0.322 e. The Morgan fingerprint density at radius 1 is 0.397 bits per heavy atom. The molecule has 0 radical (unpaired) electrons. The maximum atomic E-state index is 2.65. The molecule has 12 rings (SSSR count). The van der Waals surface area contributed by atoms with Gasteiger partial charge in [0.2, 0.25) is 0 Å². The third-order valence-electron chi connectivity index (χ3n) is 13.2. The molecule has 0 N–H and O–H groups in total. The molecule has 1 aromatic heterocycles. The Kier molecular flexibility index (Phi) is 6.93. The van der Waals surface area contributed by atoms with Gasteiger partial charge in [0.25, 0.3) is 0 Å². The first kappa shape index (κ1) is 33.0. The molecule has 1 heterocycles. The molecule has 2 aliphatic carbocycles. The van der Waals surface area contributed by atoms with Crippen LogP contribution in [0.3, 0.4) is 0 Å². The molecule has 0 atom stereocenters. The van der Waals surface area contributed by atoms with Gasteiger partial charge in [-0.2, -0.15) is 0 Å². The summed E-state index contributed by atoms with van der Waals surface area (Å²) in [6, 6.07) is 76.8. The second kappa shape index (κ2) is 12.2. The lowest BCUT2D eigenvalue weighted by molar-refractivity contribution is 0.564. The molecule has 0 amide bonds. The van der Waals surface area contributed by atoms with Gasteiger partial charge < -0.3 is 9.47 Å². The lowest BCUT2D eigenvalue weighted by Gasteiger charge is -2.37. The molecule has 0 saturated heterocycles. The van der Waals surface area contributed by atoms with E-state index >= 15 is 0 Å². The van der Waals surface area contributed by atoms with Crippen LogP contribution in [0.15, 0.2) is 206 Å². The maximum Gasteiger partial charge on any atom is 0.122 e. The highest BCUT2D eigenvalue weighted by molar-refractivity contribution is 6.11. The fourth-order valence-corrected chi connectivity index (χ4v) is 10.7. The normalized spacial score (nSPS) is 14.3. The van der Waals surface area contributed by atoms with E-state index in [0.717, 1.165) is 11.4 Å². The third kappa shape index (κ3) is 4.38. The predicted molar refractivity (Wildman–Crippen MR) is 243 cm³/mol. The number of hydrogen-bond acceptors (Lipinski definition) is 1. The van der Waals surface area contributed by atoms with Crippen molar-refractivity contribution in [3.05, 3.63) is 234 Å². The highest BCUT2D eigenvalue weighted by atomic mass is 15.1. The summed E-state index contributed by atoms with van der Waals surface area (Å²) in [5.74, 6) is 0. The average Bonchev–Trinajstić information content (AvgIpc) is 3.85. The van der Waals surface area contributed by atoms with E-state index in [4.69, 9.17) is 0 Å². The first-order chi connectivity index (χ1) is 28.5. The smallest absolute Gasteiger partial charge is 0.122 e. The SMILES string of the molecule is CC1(C)c2ccccc2-c2c(N(c3ccccc3)c3ccc4c(c3)c3ccccc3n4C3(c4ccc5ccccc5c4)c4ccccc4-c4ccccc43)cccc21. The summed E-state index contributed by atoms with van der Waals surface area (Å²) in [4.78, 5) is 2.47. The standard InChI is InChI=1S/C56H40N2/c1-55(2)47-25-12-10-24-45(47)54-50(55)28-16-30-53(54)57(40-19-4-3-5-20-40)41-33-34-52-46(36-41)44-23-11-15-29-51(44)58(52)56(39-32-31-37-17-6-7-18-38(37)35-39)48-26-13-8-21-42(48)43-22-9-14-27-49(43)56/h3-36H,1-2H3. The highest BCUT2D eigenvalue weighted by Crippen LogP contribution is 2.57. The fraction of sp³-hybridized carbons (Fsp3) is 0.0714. The van der Waals surface area contributed by atoms with Crippen molar-refractivity contribution in [1.82, 2.24) is 4.57 Å². The van der Waals surface area contributed by atoms with Gasteiger partial charge in [0, 0.05) is 33.1 Å². The van der Waals surface area contributed by atoms with Crippen molar-refractivity contribution in [2.24, 2.45) is 0 Å². The maximum absolute atomic E-state index is 2.65. The van der Waals surface area contributed by atoms with E-state index in [0.29, 0.717) is 0 Å². The van der Waals surface area contributed by atoms with Crippen molar-refractivity contribution in [2.75, 3.05) is 4.90 Å². The van der Waals surface area contributed by atoms with Crippen LogP contribution >= 0.6 is 0 Å². The van der Waals surface area contributed by atoms with Crippen LogP contribution in [0.25, 0.3) is 54.8 Å². The summed E-state index contributed by atoms with van der Waals surface area (Å²) in [5, 5.41) is 4.94. The van der Waals surface area contributed by atoms with Gasteiger partial charge in [0.1, 0.15) is 5.54 Å². The van der Waals surface area contributed by atoms with Gasteiger partial charge in [-0.3, -0.25) is 0 Å². The molecule has 2 aliphatic rings. The number of fused-ring (bicyclic) bond motifs is 10. The number of rotatable bonds is 5. The van der Waals surface area contributed by atoms with Crippen molar-refractivity contribution in [2.45, 2.75) is 24.8 Å². The van der Waals surface area contributed by atoms with Crippen LogP contribution in [0.1, 0.15) is 41.7 Å². The monoisotopic (exact) mass is 740 g/mol. The molecule has 58 heavy (non-hydrogen) atoms. The van der Waals surface area contributed by atoms with Crippen LogP contribution < -0.4 is 4.90 Å².